The summed E-state index contributed by atoms with van der Waals surface area (Å²) < 4.78 is 18.4. The fraction of sp³-hybridized carbons (Fsp3) is 0.536. The standard InChI is InChI=1S/C28H35FN2O2/c1-4-33-27(32)30-23-10-7-21-16-26-25-15-20(11-13-28(25,3)24(21)17-23)18(2)31(26)14-12-19-5-8-22(29)9-6-19/h5-10,17-18,20,25-26H,4,11-16H2,1-3H3,(H,30,32). The zero-order valence-electron chi connectivity index (χ0n) is 19.9. The van der Waals surface area contributed by atoms with Crippen LogP contribution in [0.3, 0.4) is 0 Å². The summed E-state index contributed by atoms with van der Waals surface area (Å²) in [5.41, 5.74) is 4.96. The number of benzene rings is 2. The number of nitrogens with one attached hydrogen (secondary N) is 1. The van der Waals surface area contributed by atoms with Crippen molar-refractivity contribution in [1.29, 1.82) is 0 Å². The lowest BCUT2D eigenvalue weighted by molar-refractivity contribution is -0.0616. The number of ether oxygens (including phenoxy) is 1. The molecule has 176 valence electrons. The van der Waals surface area contributed by atoms with Gasteiger partial charge >= 0.3 is 6.09 Å². The normalized spacial score (nSPS) is 30.4. The Morgan fingerprint density at radius 2 is 2.03 bits per heavy atom. The van der Waals surface area contributed by atoms with Crippen LogP contribution >= 0.6 is 0 Å². The number of amides is 1. The van der Waals surface area contributed by atoms with E-state index in [9.17, 15) is 9.18 Å². The van der Waals surface area contributed by atoms with Gasteiger partial charge in [0.05, 0.1) is 6.61 Å². The van der Waals surface area contributed by atoms with Gasteiger partial charge in [0.25, 0.3) is 0 Å². The van der Waals surface area contributed by atoms with Gasteiger partial charge in [-0.15, -0.1) is 0 Å². The molecule has 0 radical (unpaired) electrons. The van der Waals surface area contributed by atoms with Crippen molar-refractivity contribution in [2.24, 2.45) is 11.8 Å². The monoisotopic (exact) mass is 450 g/mol. The molecule has 2 aliphatic carbocycles. The van der Waals surface area contributed by atoms with Crippen LogP contribution in [0, 0.1) is 17.7 Å². The third-order valence-electron chi connectivity index (χ3n) is 8.75. The van der Waals surface area contributed by atoms with Gasteiger partial charge in [-0.2, -0.15) is 0 Å². The SMILES string of the molecule is CCOC(=O)Nc1ccc2c(c1)C1(C)CCC3CC1C(C2)N(CCc1ccc(F)cc1)C3C. The minimum Gasteiger partial charge on any atom is -0.450 e. The molecule has 1 N–H and O–H groups in total. The second kappa shape index (κ2) is 8.75. The number of hydrogen-bond acceptors (Lipinski definition) is 3. The first-order valence-corrected chi connectivity index (χ1v) is 12.5. The highest BCUT2D eigenvalue weighted by molar-refractivity contribution is 5.84. The highest BCUT2D eigenvalue weighted by Crippen LogP contribution is 2.56. The molecule has 1 amide bonds. The van der Waals surface area contributed by atoms with E-state index in [1.54, 1.807) is 12.1 Å². The Hall–Kier alpha value is -2.40. The van der Waals surface area contributed by atoms with E-state index in [1.807, 2.05) is 25.1 Å². The van der Waals surface area contributed by atoms with Crippen molar-refractivity contribution in [3.05, 3.63) is 65.0 Å². The maximum atomic E-state index is 13.3. The Bertz CT molecular complexity index is 1020. The van der Waals surface area contributed by atoms with E-state index in [1.165, 1.54) is 36.0 Å². The third-order valence-corrected chi connectivity index (χ3v) is 8.75. The molecule has 2 aromatic carbocycles. The van der Waals surface area contributed by atoms with Crippen molar-refractivity contribution in [2.75, 3.05) is 18.5 Å². The predicted octanol–water partition coefficient (Wildman–Crippen LogP) is 5.94. The molecule has 33 heavy (non-hydrogen) atoms. The molecule has 1 heterocycles. The smallest absolute Gasteiger partial charge is 0.411 e. The van der Waals surface area contributed by atoms with E-state index >= 15 is 0 Å². The second-order valence-corrected chi connectivity index (χ2v) is 10.4. The summed E-state index contributed by atoms with van der Waals surface area (Å²) in [5.74, 6) is 1.18. The summed E-state index contributed by atoms with van der Waals surface area (Å²) in [6.45, 7) is 8.05. The van der Waals surface area contributed by atoms with Crippen LogP contribution in [-0.4, -0.2) is 36.2 Å². The largest absolute Gasteiger partial charge is 0.450 e. The summed E-state index contributed by atoms with van der Waals surface area (Å²) in [6, 6.07) is 14.5. The Morgan fingerprint density at radius 3 is 2.79 bits per heavy atom. The maximum absolute atomic E-state index is 13.3. The van der Waals surface area contributed by atoms with Crippen LogP contribution in [0.1, 0.15) is 56.7 Å². The number of likely N-dealkylation sites (tertiary alicyclic amines) is 1. The van der Waals surface area contributed by atoms with Gasteiger partial charge in [0.1, 0.15) is 5.82 Å². The molecule has 2 bridgehead atoms. The van der Waals surface area contributed by atoms with Gasteiger partial charge in [-0.05, 0) is 104 Å². The molecule has 5 rings (SSSR count). The number of nitrogens with zero attached hydrogens (tertiary/aromatic N) is 1. The average Bonchev–Trinajstić information content (AvgIpc) is 2.80. The number of halogens is 1. The van der Waals surface area contributed by atoms with Crippen LogP contribution < -0.4 is 5.32 Å². The highest BCUT2D eigenvalue weighted by atomic mass is 19.1. The summed E-state index contributed by atoms with van der Waals surface area (Å²) in [7, 11) is 0. The third kappa shape index (κ3) is 4.05. The Kier molecular flexibility index (Phi) is 5.94. The Labute approximate surface area is 196 Å². The zero-order chi connectivity index (χ0) is 23.2. The number of piperidine rings is 1. The highest BCUT2D eigenvalue weighted by Gasteiger charge is 2.54. The fourth-order valence-electron chi connectivity index (χ4n) is 6.95. The molecule has 3 aliphatic rings. The molecule has 5 unspecified atom stereocenters. The summed E-state index contributed by atoms with van der Waals surface area (Å²) in [5, 5.41) is 2.90. The number of hydrogen-bond donors (Lipinski definition) is 1. The van der Waals surface area contributed by atoms with Gasteiger partial charge in [0.2, 0.25) is 0 Å². The van der Waals surface area contributed by atoms with Gasteiger partial charge in [0, 0.05) is 24.3 Å². The van der Waals surface area contributed by atoms with Gasteiger partial charge in [-0.25, -0.2) is 9.18 Å². The van der Waals surface area contributed by atoms with Crippen molar-refractivity contribution in [1.82, 2.24) is 4.90 Å². The van der Waals surface area contributed by atoms with E-state index in [0.29, 0.717) is 24.6 Å². The predicted molar refractivity (Wildman–Crippen MR) is 129 cm³/mol. The number of anilines is 1. The van der Waals surface area contributed by atoms with Crippen molar-refractivity contribution >= 4 is 11.8 Å². The van der Waals surface area contributed by atoms with Gasteiger partial charge < -0.3 is 4.74 Å². The molecule has 1 saturated heterocycles. The molecule has 0 spiro atoms. The van der Waals surface area contributed by atoms with Crippen molar-refractivity contribution in [2.45, 2.75) is 70.4 Å². The van der Waals surface area contributed by atoms with Gasteiger partial charge in [0.15, 0.2) is 0 Å². The quantitative estimate of drug-likeness (QED) is 0.613. The molecule has 5 atom stereocenters. The van der Waals surface area contributed by atoms with Crippen LogP contribution in [0.15, 0.2) is 42.5 Å². The van der Waals surface area contributed by atoms with Gasteiger partial charge in [-0.3, -0.25) is 10.2 Å². The first kappa shape index (κ1) is 22.4. The molecule has 0 aromatic heterocycles. The van der Waals surface area contributed by atoms with Crippen molar-refractivity contribution in [3.63, 3.8) is 0 Å². The minimum absolute atomic E-state index is 0.120. The molecular weight excluding hydrogens is 415 g/mol. The maximum Gasteiger partial charge on any atom is 0.411 e. The first-order valence-electron chi connectivity index (χ1n) is 12.5. The Morgan fingerprint density at radius 1 is 1.24 bits per heavy atom. The number of carbonyl (C=O) groups is 1. The van der Waals surface area contributed by atoms with E-state index in [2.05, 4.69) is 36.2 Å². The molecule has 4 nitrogen and oxygen atoms in total. The van der Waals surface area contributed by atoms with Gasteiger partial charge in [-0.1, -0.05) is 25.1 Å². The molecule has 2 aromatic rings. The van der Waals surface area contributed by atoms with E-state index in [-0.39, 0.29) is 11.2 Å². The number of rotatable bonds is 5. The van der Waals surface area contributed by atoms with Crippen LogP contribution in [0.4, 0.5) is 14.9 Å². The lowest BCUT2D eigenvalue weighted by atomic mass is 9.52. The summed E-state index contributed by atoms with van der Waals surface area (Å²) >= 11 is 0. The van der Waals surface area contributed by atoms with E-state index < -0.39 is 6.09 Å². The van der Waals surface area contributed by atoms with E-state index in [4.69, 9.17) is 4.74 Å². The molecule has 5 heteroatoms. The first-order chi connectivity index (χ1) is 15.9. The molecule has 1 aliphatic heterocycles. The average molecular weight is 451 g/mol. The summed E-state index contributed by atoms with van der Waals surface area (Å²) in [6.07, 6.45) is 5.33. The van der Waals surface area contributed by atoms with Crippen molar-refractivity contribution in [3.8, 4) is 0 Å². The topological polar surface area (TPSA) is 41.6 Å². The second-order valence-electron chi connectivity index (χ2n) is 10.4. The lowest BCUT2D eigenvalue weighted by Crippen LogP contribution is -2.63. The molecular formula is C28H35FN2O2. The molecule has 2 fully saturated rings. The number of carbonyl (C=O) groups excluding carboxylic acids is 1. The zero-order valence-corrected chi connectivity index (χ0v) is 19.9. The minimum atomic E-state index is -0.390. The lowest BCUT2D eigenvalue weighted by Gasteiger charge is -2.61. The number of fused-ring (bicyclic) bond motifs is 3. The van der Waals surface area contributed by atoms with Crippen molar-refractivity contribution < 1.29 is 13.9 Å². The van der Waals surface area contributed by atoms with Crippen LogP contribution in [0.25, 0.3) is 0 Å². The Balaban J connectivity index is 1.42. The van der Waals surface area contributed by atoms with Crippen LogP contribution in [-0.2, 0) is 23.0 Å². The van der Waals surface area contributed by atoms with Crippen LogP contribution in [0.2, 0.25) is 0 Å². The fourth-order valence-corrected chi connectivity index (χ4v) is 6.95. The summed E-state index contributed by atoms with van der Waals surface area (Å²) in [4.78, 5) is 14.7. The molecule has 1 saturated carbocycles. The van der Waals surface area contributed by atoms with Crippen LogP contribution in [0.5, 0.6) is 0 Å². The van der Waals surface area contributed by atoms with E-state index in [0.717, 1.165) is 31.0 Å².